The molecule has 0 atom stereocenters. The number of nitro groups is 1. The molecule has 0 unspecified atom stereocenters. The van der Waals surface area contributed by atoms with Crippen LogP contribution < -0.4 is 16.2 Å². The van der Waals surface area contributed by atoms with Gasteiger partial charge in [-0.25, -0.2) is 9.97 Å². The predicted molar refractivity (Wildman–Crippen MR) is 101 cm³/mol. The maximum Gasteiger partial charge on any atom is 0.354 e. The first-order valence-corrected chi connectivity index (χ1v) is 8.08. The monoisotopic (exact) mass is 350 g/mol. The molecule has 1 heterocycles. The van der Waals surface area contributed by atoms with Gasteiger partial charge in [0, 0.05) is 6.54 Å². The summed E-state index contributed by atoms with van der Waals surface area (Å²) in [4.78, 5) is 19.0. The SMILES string of the molecule is O=[N+]([O-])c1c(NCCc2ccccc2)ncnc1NNc1ccccc1. The number of hydrogen-bond acceptors (Lipinski definition) is 7. The van der Waals surface area contributed by atoms with Gasteiger partial charge in [-0.15, -0.1) is 0 Å². The summed E-state index contributed by atoms with van der Waals surface area (Å²) in [7, 11) is 0. The number of rotatable bonds is 8. The van der Waals surface area contributed by atoms with E-state index < -0.39 is 4.92 Å². The van der Waals surface area contributed by atoms with Crippen molar-refractivity contribution in [2.45, 2.75) is 6.42 Å². The van der Waals surface area contributed by atoms with Crippen LogP contribution in [0.2, 0.25) is 0 Å². The number of nitrogens with one attached hydrogen (secondary N) is 3. The summed E-state index contributed by atoms with van der Waals surface area (Å²) >= 11 is 0. The zero-order valence-corrected chi connectivity index (χ0v) is 13.9. The Balaban J connectivity index is 1.70. The van der Waals surface area contributed by atoms with Crippen LogP contribution in [0.3, 0.4) is 0 Å². The van der Waals surface area contributed by atoms with E-state index in [4.69, 9.17) is 0 Å². The normalized spacial score (nSPS) is 10.2. The molecule has 3 aromatic rings. The van der Waals surface area contributed by atoms with Crippen molar-refractivity contribution in [3.8, 4) is 0 Å². The van der Waals surface area contributed by atoms with Crippen LogP contribution >= 0.6 is 0 Å². The van der Waals surface area contributed by atoms with Crippen LogP contribution in [-0.2, 0) is 6.42 Å². The van der Waals surface area contributed by atoms with Crippen molar-refractivity contribution in [1.29, 1.82) is 0 Å². The molecule has 8 heteroatoms. The number of benzene rings is 2. The van der Waals surface area contributed by atoms with E-state index in [0.29, 0.717) is 6.54 Å². The van der Waals surface area contributed by atoms with Gasteiger partial charge < -0.3 is 5.32 Å². The lowest BCUT2D eigenvalue weighted by molar-refractivity contribution is -0.383. The second-order valence-electron chi connectivity index (χ2n) is 5.45. The molecule has 3 N–H and O–H groups in total. The maximum atomic E-state index is 11.5. The van der Waals surface area contributed by atoms with Crippen LogP contribution in [0.5, 0.6) is 0 Å². The van der Waals surface area contributed by atoms with Gasteiger partial charge in [0.2, 0.25) is 11.6 Å². The van der Waals surface area contributed by atoms with Crippen LogP contribution in [0.25, 0.3) is 0 Å². The number of anilines is 3. The highest BCUT2D eigenvalue weighted by Gasteiger charge is 2.22. The molecule has 26 heavy (non-hydrogen) atoms. The molecular weight excluding hydrogens is 332 g/mol. The van der Waals surface area contributed by atoms with Crippen molar-refractivity contribution in [1.82, 2.24) is 9.97 Å². The molecule has 0 fully saturated rings. The van der Waals surface area contributed by atoms with E-state index in [1.807, 2.05) is 60.7 Å². The summed E-state index contributed by atoms with van der Waals surface area (Å²) in [6.07, 6.45) is 2.01. The van der Waals surface area contributed by atoms with E-state index in [9.17, 15) is 10.1 Å². The van der Waals surface area contributed by atoms with Gasteiger partial charge in [0.05, 0.1) is 10.6 Å². The van der Waals surface area contributed by atoms with Gasteiger partial charge in [0.25, 0.3) is 0 Å². The van der Waals surface area contributed by atoms with Gasteiger partial charge in [-0.3, -0.25) is 21.0 Å². The number of para-hydroxylation sites is 1. The largest absolute Gasteiger partial charge is 0.364 e. The Bertz CT molecular complexity index is 858. The molecule has 0 radical (unpaired) electrons. The van der Waals surface area contributed by atoms with Crippen LogP contribution in [0.4, 0.5) is 23.0 Å². The van der Waals surface area contributed by atoms with Crippen LogP contribution in [0, 0.1) is 10.1 Å². The average Bonchev–Trinajstić information content (AvgIpc) is 2.68. The Hall–Kier alpha value is -3.68. The Morgan fingerprint density at radius 3 is 2.23 bits per heavy atom. The second kappa shape index (κ2) is 8.43. The lowest BCUT2D eigenvalue weighted by Gasteiger charge is -2.11. The maximum absolute atomic E-state index is 11.5. The lowest BCUT2D eigenvalue weighted by Crippen LogP contribution is -2.15. The highest BCUT2D eigenvalue weighted by Crippen LogP contribution is 2.28. The Morgan fingerprint density at radius 2 is 1.54 bits per heavy atom. The zero-order valence-electron chi connectivity index (χ0n) is 13.9. The minimum atomic E-state index is -0.500. The average molecular weight is 350 g/mol. The van der Waals surface area contributed by atoms with Crippen LogP contribution in [0.1, 0.15) is 5.56 Å². The topological polar surface area (TPSA) is 105 Å². The lowest BCUT2D eigenvalue weighted by atomic mass is 10.1. The zero-order chi connectivity index (χ0) is 18.2. The summed E-state index contributed by atoms with van der Waals surface area (Å²) in [6.45, 7) is 0.521. The Morgan fingerprint density at radius 1 is 0.885 bits per heavy atom. The van der Waals surface area contributed by atoms with E-state index in [1.165, 1.54) is 6.33 Å². The first-order chi connectivity index (χ1) is 12.7. The fourth-order valence-corrected chi connectivity index (χ4v) is 2.40. The minimum Gasteiger partial charge on any atom is -0.364 e. The molecule has 132 valence electrons. The second-order valence-corrected chi connectivity index (χ2v) is 5.45. The van der Waals surface area contributed by atoms with E-state index in [2.05, 4.69) is 26.1 Å². The van der Waals surface area contributed by atoms with Gasteiger partial charge in [0.15, 0.2) is 0 Å². The molecule has 1 aromatic heterocycles. The van der Waals surface area contributed by atoms with Crippen molar-refractivity contribution in [2.24, 2.45) is 0 Å². The van der Waals surface area contributed by atoms with Gasteiger partial charge in [-0.05, 0) is 24.1 Å². The molecule has 8 nitrogen and oxygen atoms in total. The predicted octanol–water partition coefficient (Wildman–Crippen LogP) is 3.48. The Labute approximate surface area is 150 Å². The summed E-state index contributed by atoms with van der Waals surface area (Å²) < 4.78 is 0. The van der Waals surface area contributed by atoms with Crippen molar-refractivity contribution >= 4 is 23.0 Å². The summed E-state index contributed by atoms with van der Waals surface area (Å²) in [5.74, 6) is 0.273. The molecule has 2 aromatic carbocycles. The first-order valence-electron chi connectivity index (χ1n) is 8.08. The third-order valence-corrected chi connectivity index (χ3v) is 3.65. The molecule has 0 aliphatic heterocycles. The Kier molecular flexibility index (Phi) is 5.56. The van der Waals surface area contributed by atoms with E-state index in [0.717, 1.165) is 17.7 Å². The van der Waals surface area contributed by atoms with E-state index in [1.54, 1.807) is 0 Å². The minimum absolute atomic E-state index is 0.0936. The number of hydrogen-bond donors (Lipinski definition) is 3. The fourth-order valence-electron chi connectivity index (χ4n) is 2.40. The number of hydrazine groups is 1. The van der Waals surface area contributed by atoms with Crippen molar-refractivity contribution in [2.75, 3.05) is 22.7 Å². The summed E-state index contributed by atoms with van der Waals surface area (Å²) in [6, 6.07) is 19.1. The molecule has 0 bridgehead atoms. The summed E-state index contributed by atoms with van der Waals surface area (Å²) in [5, 5.41) is 14.5. The van der Waals surface area contributed by atoms with Crippen LogP contribution in [0.15, 0.2) is 67.0 Å². The standard InChI is InChI=1S/C18H18N6O2/c25-24(26)16-17(19-12-11-14-7-3-1-4-8-14)20-13-21-18(16)23-22-15-9-5-2-6-10-15/h1-10,13,22H,11-12H2,(H2,19,20,21,23). The van der Waals surface area contributed by atoms with Gasteiger partial charge in [0.1, 0.15) is 6.33 Å². The van der Waals surface area contributed by atoms with Gasteiger partial charge >= 0.3 is 5.69 Å². The van der Waals surface area contributed by atoms with Crippen LogP contribution in [-0.4, -0.2) is 21.4 Å². The molecular formula is C18H18N6O2. The van der Waals surface area contributed by atoms with E-state index in [-0.39, 0.29) is 17.3 Å². The molecule has 0 aliphatic carbocycles. The third kappa shape index (κ3) is 4.44. The van der Waals surface area contributed by atoms with Crippen molar-refractivity contribution < 1.29 is 4.92 Å². The highest BCUT2D eigenvalue weighted by molar-refractivity contribution is 5.70. The van der Waals surface area contributed by atoms with E-state index >= 15 is 0 Å². The third-order valence-electron chi connectivity index (χ3n) is 3.65. The molecule has 0 aliphatic rings. The fraction of sp³-hybridized carbons (Fsp3) is 0.111. The molecule has 0 saturated carbocycles. The first kappa shape index (κ1) is 17.2. The van der Waals surface area contributed by atoms with Crippen molar-refractivity contribution in [3.05, 3.63) is 82.7 Å². The quantitative estimate of drug-likeness (QED) is 0.422. The number of nitrogens with zero attached hydrogens (tertiary/aromatic N) is 3. The number of aromatic nitrogens is 2. The van der Waals surface area contributed by atoms with Gasteiger partial charge in [-0.2, -0.15) is 0 Å². The molecule has 0 amide bonds. The molecule has 0 spiro atoms. The highest BCUT2D eigenvalue weighted by atomic mass is 16.6. The van der Waals surface area contributed by atoms with Crippen molar-refractivity contribution in [3.63, 3.8) is 0 Å². The summed E-state index contributed by atoms with van der Waals surface area (Å²) in [5.41, 5.74) is 7.37. The van der Waals surface area contributed by atoms with Gasteiger partial charge in [-0.1, -0.05) is 48.5 Å². The molecule has 0 saturated heterocycles. The smallest absolute Gasteiger partial charge is 0.354 e. The molecule has 3 rings (SSSR count).